The Labute approximate surface area is 77.6 Å². The number of rotatable bonds is 1. The van der Waals surface area contributed by atoms with E-state index in [1.54, 1.807) is 12.5 Å². The third-order valence-corrected chi connectivity index (χ3v) is 2.64. The number of ether oxygens (including phenoxy) is 1. The molecule has 0 fully saturated rings. The molecule has 0 amide bonds. The van der Waals surface area contributed by atoms with Crippen LogP contribution in [0.1, 0.15) is 20.3 Å². The summed E-state index contributed by atoms with van der Waals surface area (Å²) in [7, 11) is 0. The molecule has 2 aliphatic rings. The van der Waals surface area contributed by atoms with Crippen LogP contribution in [-0.4, -0.2) is 6.29 Å². The van der Waals surface area contributed by atoms with Crippen LogP contribution in [0, 0.1) is 5.41 Å². The minimum Gasteiger partial charge on any atom is -0.472 e. The van der Waals surface area contributed by atoms with Crippen molar-refractivity contribution in [1.29, 1.82) is 0 Å². The van der Waals surface area contributed by atoms with Crippen molar-refractivity contribution in [2.45, 2.75) is 20.3 Å². The molecule has 0 atom stereocenters. The fraction of sp³-hybridized carbons (Fsp3) is 0.364. The third kappa shape index (κ3) is 1.13. The average Bonchev–Trinajstić information content (AvgIpc) is 2.33. The summed E-state index contributed by atoms with van der Waals surface area (Å²) < 4.78 is 5.08. The molecule has 0 bridgehead atoms. The van der Waals surface area contributed by atoms with Gasteiger partial charge in [0, 0.05) is 5.57 Å². The quantitative estimate of drug-likeness (QED) is 0.573. The molecule has 0 N–H and O–H groups in total. The zero-order valence-corrected chi connectivity index (χ0v) is 7.83. The summed E-state index contributed by atoms with van der Waals surface area (Å²) >= 11 is 0. The number of fused-ring (bicyclic) bond motifs is 1. The van der Waals surface area contributed by atoms with E-state index >= 15 is 0 Å². The molecule has 0 aromatic carbocycles. The SMILES string of the molecule is CC1(C)CC2=COC=CC2=C1C=O. The average molecular weight is 176 g/mol. The van der Waals surface area contributed by atoms with Gasteiger partial charge in [0.2, 0.25) is 0 Å². The van der Waals surface area contributed by atoms with E-state index in [1.165, 1.54) is 0 Å². The molecular weight excluding hydrogens is 164 g/mol. The minimum atomic E-state index is -0.0407. The number of aldehydes is 1. The molecule has 2 nitrogen and oxygen atoms in total. The zero-order valence-electron chi connectivity index (χ0n) is 7.83. The molecule has 1 aliphatic heterocycles. The first-order valence-electron chi connectivity index (χ1n) is 4.36. The first kappa shape index (κ1) is 8.30. The van der Waals surface area contributed by atoms with E-state index in [9.17, 15) is 4.79 Å². The summed E-state index contributed by atoms with van der Waals surface area (Å²) in [6.45, 7) is 4.16. The highest BCUT2D eigenvalue weighted by atomic mass is 16.5. The molecule has 0 aromatic rings. The maximum absolute atomic E-state index is 10.9. The number of carbonyl (C=O) groups excluding carboxylic acids is 1. The van der Waals surface area contributed by atoms with Crippen LogP contribution < -0.4 is 0 Å². The second-order valence-electron chi connectivity index (χ2n) is 4.09. The Morgan fingerprint density at radius 3 is 3.00 bits per heavy atom. The van der Waals surface area contributed by atoms with Gasteiger partial charge in [-0.15, -0.1) is 0 Å². The fourth-order valence-corrected chi connectivity index (χ4v) is 1.96. The summed E-state index contributed by atoms with van der Waals surface area (Å²) in [5, 5.41) is 0. The Balaban J connectivity index is 2.55. The second-order valence-corrected chi connectivity index (χ2v) is 4.09. The molecule has 0 saturated carbocycles. The van der Waals surface area contributed by atoms with Gasteiger partial charge in [-0.25, -0.2) is 0 Å². The van der Waals surface area contributed by atoms with Gasteiger partial charge in [0.15, 0.2) is 0 Å². The maximum Gasteiger partial charge on any atom is 0.147 e. The number of hydrogen-bond acceptors (Lipinski definition) is 2. The van der Waals surface area contributed by atoms with Gasteiger partial charge in [0.05, 0.1) is 12.5 Å². The Hall–Kier alpha value is -1.31. The summed E-state index contributed by atoms with van der Waals surface area (Å²) in [5.41, 5.74) is 3.03. The largest absolute Gasteiger partial charge is 0.472 e. The molecular formula is C11H12O2. The Kier molecular flexibility index (Phi) is 1.65. The highest BCUT2D eigenvalue weighted by Gasteiger charge is 2.35. The maximum atomic E-state index is 10.9. The lowest BCUT2D eigenvalue weighted by atomic mass is 9.86. The van der Waals surface area contributed by atoms with Crippen molar-refractivity contribution >= 4 is 6.29 Å². The Morgan fingerprint density at radius 2 is 2.31 bits per heavy atom. The standard InChI is InChI=1S/C11H12O2/c1-11(2)5-8-7-13-4-3-9(8)10(11)6-12/h3-4,6-7H,5H2,1-2H3. The smallest absolute Gasteiger partial charge is 0.147 e. The normalized spacial score (nSPS) is 23.7. The molecule has 13 heavy (non-hydrogen) atoms. The van der Waals surface area contributed by atoms with Gasteiger partial charge in [-0.1, -0.05) is 13.8 Å². The van der Waals surface area contributed by atoms with Crippen LogP contribution in [0.3, 0.4) is 0 Å². The van der Waals surface area contributed by atoms with Crippen molar-refractivity contribution in [3.05, 3.63) is 35.3 Å². The molecule has 0 spiro atoms. The number of hydrogen-bond donors (Lipinski definition) is 0. The minimum absolute atomic E-state index is 0.0407. The van der Waals surface area contributed by atoms with Gasteiger partial charge in [-0.05, 0) is 29.1 Å². The predicted octanol–water partition coefficient (Wildman–Crippen LogP) is 2.34. The summed E-state index contributed by atoms with van der Waals surface area (Å²) in [6.07, 6.45) is 7.07. The number of carbonyl (C=O) groups is 1. The van der Waals surface area contributed by atoms with Gasteiger partial charge in [-0.2, -0.15) is 0 Å². The molecule has 2 rings (SSSR count). The van der Waals surface area contributed by atoms with Crippen LogP contribution in [0.5, 0.6) is 0 Å². The molecule has 0 saturated heterocycles. The summed E-state index contributed by atoms with van der Waals surface area (Å²) in [4.78, 5) is 10.9. The van der Waals surface area contributed by atoms with Crippen molar-refractivity contribution in [2.75, 3.05) is 0 Å². The van der Waals surface area contributed by atoms with Crippen LogP contribution in [-0.2, 0) is 9.53 Å². The first-order valence-corrected chi connectivity index (χ1v) is 4.36. The van der Waals surface area contributed by atoms with Crippen molar-refractivity contribution < 1.29 is 9.53 Å². The topological polar surface area (TPSA) is 26.3 Å². The highest BCUT2D eigenvalue weighted by Crippen LogP contribution is 2.45. The lowest BCUT2D eigenvalue weighted by Gasteiger charge is -2.17. The van der Waals surface area contributed by atoms with Crippen LogP contribution in [0.4, 0.5) is 0 Å². The molecule has 2 heteroatoms. The van der Waals surface area contributed by atoms with Gasteiger partial charge in [0.25, 0.3) is 0 Å². The van der Waals surface area contributed by atoms with E-state index in [4.69, 9.17) is 4.74 Å². The van der Waals surface area contributed by atoms with E-state index in [0.717, 1.165) is 29.4 Å². The van der Waals surface area contributed by atoms with Gasteiger partial charge in [0.1, 0.15) is 6.29 Å². The van der Waals surface area contributed by atoms with Crippen LogP contribution in [0.15, 0.2) is 35.3 Å². The predicted molar refractivity (Wildman–Crippen MR) is 49.8 cm³/mol. The van der Waals surface area contributed by atoms with Gasteiger partial charge >= 0.3 is 0 Å². The molecule has 0 aromatic heterocycles. The molecule has 0 unspecified atom stereocenters. The van der Waals surface area contributed by atoms with E-state index in [2.05, 4.69) is 13.8 Å². The van der Waals surface area contributed by atoms with Crippen molar-refractivity contribution in [2.24, 2.45) is 5.41 Å². The molecule has 68 valence electrons. The Morgan fingerprint density at radius 1 is 1.54 bits per heavy atom. The highest BCUT2D eigenvalue weighted by molar-refractivity contribution is 5.82. The van der Waals surface area contributed by atoms with Crippen LogP contribution in [0.25, 0.3) is 0 Å². The fourth-order valence-electron chi connectivity index (χ4n) is 1.96. The van der Waals surface area contributed by atoms with E-state index in [0.29, 0.717) is 0 Å². The zero-order chi connectivity index (χ0) is 9.47. The van der Waals surface area contributed by atoms with E-state index in [1.807, 2.05) is 6.08 Å². The lowest BCUT2D eigenvalue weighted by Crippen LogP contribution is -2.10. The second kappa shape index (κ2) is 2.59. The summed E-state index contributed by atoms with van der Waals surface area (Å²) in [6, 6.07) is 0. The van der Waals surface area contributed by atoms with Crippen molar-refractivity contribution in [3.63, 3.8) is 0 Å². The lowest BCUT2D eigenvalue weighted by molar-refractivity contribution is -0.105. The monoisotopic (exact) mass is 176 g/mol. The molecule has 1 aliphatic carbocycles. The van der Waals surface area contributed by atoms with E-state index < -0.39 is 0 Å². The van der Waals surface area contributed by atoms with Crippen molar-refractivity contribution in [1.82, 2.24) is 0 Å². The van der Waals surface area contributed by atoms with E-state index in [-0.39, 0.29) is 5.41 Å². The molecule has 1 heterocycles. The van der Waals surface area contributed by atoms with Gasteiger partial charge < -0.3 is 4.74 Å². The Bertz CT molecular complexity index is 343. The van der Waals surface area contributed by atoms with Gasteiger partial charge in [-0.3, -0.25) is 4.79 Å². The molecule has 0 radical (unpaired) electrons. The summed E-state index contributed by atoms with van der Waals surface area (Å²) in [5.74, 6) is 0. The van der Waals surface area contributed by atoms with Crippen LogP contribution in [0.2, 0.25) is 0 Å². The first-order chi connectivity index (χ1) is 6.15. The van der Waals surface area contributed by atoms with Crippen molar-refractivity contribution in [3.8, 4) is 0 Å². The number of allylic oxidation sites excluding steroid dienone is 4. The third-order valence-electron chi connectivity index (χ3n) is 2.64. The van der Waals surface area contributed by atoms with Crippen LogP contribution >= 0.6 is 0 Å².